The summed E-state index contributed by atoms with van der Waals surface area (Å²) in [5.41, 5.74) is 6.78. The number of nitrogens with zero attached hydrogens (tertiary/aromatic N) is 3. The van der Waals surface area contributed by atoms with Crippen molar-refractivity contribution >= 4 is 35.6 Å². The number of halogens is 4. The summed E-state index contributed by atoms with van der Waals surface area (Å²) in [5, 5.41) is 3.09. The molecule has 164 valence electrons. The van der Waals surface area contributed by atoms with Gasteiger partial charge in [-0.15, -0.1) is 24.0 Å². The van der Waals surface area contributed by atoms with Gasteiger partial charge in [0.1, 0.15) is 0 Å². The number of nitrogens with one attached hydrogen (secondary N) is 1. The van der Waals surface area contributed by atoms with Crippen molar-refractivity contribution in [3.63, 3.8) is 0 Å². The Balaban J connectivity index is 0.00000420. The summed E-state index contributed by atoms with van der Waals surface area (Å²) < 4.78 is 38.6. The maximum absolute atomic E-state index is 12.9. The van der Waals surface area contributed by atoms with E-state index in [4.69, 9.17) is 5.73 Å². The van der Waals surface area contributed by atoms with Gasteiger partial charge in [0.25, 0.3) is 0 Å². The van der Waals surface area contributed by atoms with E-state index in [1.54, 1.807) is 6.07 Å². The number of unbranched alkanes of at least 4 members (excludes halogenated alkanes) is 1. The van der Waals surface area contributed by atoms with Gasteiger partial charge in [-0.05, 0) is 44.5 Å². The molecule has 5 nitrogen and oxygen atoms in total. The molecule has 2 rings (SSSR count). The molecule has 0 spiro atoms. The van der Waals surface area contributed by atoms with Gasteiger partial charge < -0.3 is 16.0 Å². The molecule has 0 amide bonds. The monoisotopic (exact) mass is 525 g/mol. The number of rotatable bonds is 8. The van der Waals surface area contributed by atoms with Gasteiger partial charge in [-0.1, -0.05) is 18.2 Å². The standard InChI is InChI=1S/C20H30F3N5.HI/c1-16(2)15-26-19(24)25-8-3-4-9-27-10-12-28(13-11-27)18-7-5-6-17(14-18)20(21,22)23;/h5-7,14H,1,3-4,8-13,15H2,2H3,(H3,24,25,26);1H. The fourth-order valence-corrected chi connectivity index (χ4v) is 3.06. The van der Waals surface area contributed by atoms with Crippen molar-refractivity contribution in [1.29, 1.82) is 0 Å². The molecule has 9 heteroatoms. The zero-order valence-corrected chi connectivity index (χ0v) is 19.2. The van der Waals surface area contributed by atoms with Crippen LogP contribution in [0, 0.1) is 0 Å². The summed E-state index contributed by atoms with van der Waals surface area (Å²) in [6, 6.07) is 5.57. The van der Waals surface area contributed by atoms with Crippen LogP contribution in [0.5, 0.6) is 0 Å². The molecule has 29 heavy (non-hydrogen) atoms. The Kier molecular flexibility index (Phi) is 10.8. The van der Waals surface area contributed by atoms with Crippen LogP contribution in [0.4, 0.5) is 18.9 Å². The van der Waals surface area contributed by atoms with Gasteiger partial charge in [-0.3, -0.25) is 4.90 Å². The molecule has 0 saturated carbocycles. The summed E-state index contributed by atoms with van der Waals surface area (Å²) in [5.74, 6) is 0.442. The van der Waals surface area contributed by atoms with Gasteiger partial charge in [0.05, 0.1) is 12.1 Å². The average Bonchev–Trinajstić information content (AvgIpc) is 2.66. The lowest BCUT2D eigenvalue weighted by molar-refractivity contribution is -0.137. The first-order valence-electron chi connectivity index (χ1n) is 9.58. The molecule has 1 saturated heterocycles. The van der Waals surface area contributed by atoms with Crippen LogP contribution in [0.15, 0.2) is 41.4 Å². The molecule has 0 aromatic heterocycles. The predicted octanol–water partition coefficient (Wildman–Crippen LogP) is 3.71. The van der Waals surface area contributed by atoms with Crippen LogP contribution < -0.4 is 16.0 Å². The van der Waals surface area contributed by atoms with Crippen LogP contribution in [0.2, 0.25) is 0 Å². The fraction of sp³-hybridized carbons (Fsp3) is 0.550. The van der Waals surface area contributed by atoms with E-state index < -0.39 is 11.7 Å². The summed E-state index contributed by atoms with van der Waals surface area (Å²) >= 11 is 0. The second-order valence-electron chi connectivity index (χ2n) is 7.17. The molecule has 1 aliphatic heterocycles. The zero-order chi connectivity index (χ0) is 20.6. The first kappa shape index (κ1) is 25.5. The third kappa shape index (κ3) is 9.24. The second kappa shape index (κ2) is 12.3. The normalized spacial score (nSPS) is 15.7. The fourth-order valence-electron chi connectivity index (χ4n) is 3.06. The number of nitrogens with two attached hydrogens (primary N) is 1. The number of aliphatic imine (C=N–C) groups is 1. The Morgan fingerprint density at radius 2 is 1.90 bits per heavy atom. The Labute approximate surface area is 188 Å². The first-order chi connectivity index (χ1) is 13.3. The van der Waals surface area contributed by atoms with Crippen molar-refractivity contribution < 1.29 is 13.2 Å². The van der Waals surface area contributed by atoms with Gasteiger partial charge in [0.2, 0.25) is 0 Å². The van der Waals surface area contributed by atoms with E-state index in [0.717, 1.165) is 63.7 Å². The Morgan fingerprint density at radius 1 is 1.21 bits per heavy atom. The van der Waals surface area contributed by atoms with Gasteiger partial charge in [0, 0.05) is 38.4 Å². The third-order valence-electron chi connectivity index (χ3n) is 4.64. The quantitative estimate of drug-likeness (QED) is 0.179. The number of alkyl halides is 3. The molecule has 1 heterocycles. The predicted molar refractivity (Wildman–Crippen MR) is 124 cm³/mol. The minimum atomic E-state index is -4.30. The number of hydrogen-bond acceptors (Lipinski definition) is 3. The molecule has 1 aromatic rings. The van der Waals surface area contributed by atoms with Crippen molar-refractivity contribution in [3.8, 4) is 0 Å². The minimum absolute atomic E-state index is 0. The van der Waals surface area contributed by atoms with E-state index in [0.29, 0.717) is 18.2 Å². The van der Waals surface area contributed by atoms with Crippen LogP contribution >= 0.6 is 24.0 Å². The van der Waals surface area contributed by atoms with Crippen LogP contribution in [-0.4, -0.2) is 56.7 Å². The Morgan fingerprint density at radius 3 is 2.52 bits per heavy atom. The highest BCUT2D eigenvalue weighted by Crippen LogP contribution is 2.31. The third-order valence-corrected chi connectivity index (χ3v) is 4.64. The van der Waals surface area contributed by atoms with Crippen LogP contribution in [-0.2, 0) is 6.18 Å². The molecule has 1 aliphatic rings. The van der Waals surface area contributed by atoms with Crippen molar-refractivity contribution in [2.24, 2.45) is 10.7 Å². The number of piperazine rings is 1. The highest BCUT2D eigenvalue weighted by molar-refractivity contribution is 14.0. The highest BCUT2D eigenvalue weighted by Gasteiger charge is 2.31. The van der Waals surface area contributed by atoms with E-state index in [1.807, 2.05) is 11.8 Å². The average molecular weight is 525 g/mol. The molecule has 3 N–H and O–H groups in total. The van der Waals surface area contributed by atoms with Crippen molar-refractivity contribution in [1.82, 2.24) is 10.2 Å². The molecule has 1 aromatic carbocycles. The zero-order valence-electron chi connectivity index (χ0n) is 16.8. The highest BCUT2D eigenvalue weighted by atomic mass is 127. The lowest BCUT2D eigenvalue weighted by atomic mass is 10.1. The van der Waals surface area contributed by atoms with Crippen molar-refractivity contribution in [2.75, 3.05) is 50.7 Å². The van der Waals surface area contributed by atoms with E-state index in [1.165, 1.54) is 12.1 Å². The molecule has 0 radical (unpaired) electrons. The topological polar surface area (TPSA) is 56.9 Å². The molecule has 0 bridgehead atoms. The van der Waals surface area contributed by atoms with Crippen molar-refractivity contribution in [2.45, 2.75) is 25.9 Å². The maximum atomic E-state index is 12.9. The van der Waals surface area contributed by atoms with Gasteiger partial charge in [-0.2, -0.15) is 13.2 Å². The van der Waals surface area contributed by atoms with Gasteiger partial charge in [-0.25, -0.2) is 4.99 Å². The van der Waals surface area contributed by atoms with E-state index >= 15 is 0 Å². The van der Waals surface area contributed by atoms with Crippen LogP contribution in [0.1, 0.15) is 25.3 Å². The lowest BCUT2D eigenvalue weighted by Crippen LogP contribution is -2.46. The molecular formula is C20H31F3IN5. The van der Waals surface area contributed by atoms with Gasteiger partial charge in [0.15, 0.2) is 5.96 Å². The number of benzene rings is 1. The Bertz CT molecular complexity index is 670. The molecule has 1 fully saturated rings. The summed E-state index contributed by atoms with van der Waals surface area (Å²) in [6.07, 6.45) is -2.29. The van der Waals surface area contributed by atoms with E-state index in [9.17, 15) is 13.2 Å². The molecule has 0 aliphatic carbocycles. The van der Waals surface area contributed by atoms with Crippen molar-refractivity contribution in [3.05, 3.63) is 42.0 Å². The number of guanidine groups is 1. The SMILES string of the molecule is C=C(C)CN=C(N)NCCCCN1CCN(c2cccc(C(F)(F)F)c2)CC1.I. The second-order valence-corrected chi connectivity index (χ2v) is 7.17. The van der Waals surface area contributed by atoms with Gasteiger partial charge >= 0.3 is 6.18 Å². The first-order valence-corrected chi connectivity index (χ1v) is 9.58. The summed E-state index contributed by atoms with van der Waals surface area (Å²) in [6.45, 7) is 11.1. The summed E-state index contributed by atoms with van der Waals surface area (Å²) in [7, 11) is 0. The lowest BCUT2D eigenvalue weighted by Gasteiger charge is -2.36. The smallest absolute Gasteiger partial charge is 0.370 e. The Hall–Kier alpha value is -1.49. The number of hydrogen-bond donors (Lipinski definition) is 2. The largest absolute Gasteiger partial charge is 0.416 e. The van der Waals surface area contributed by atoms with E-state index in [2.05, 4.69) is 21.8 Å². The molecular weight excluding hydrogens is 494 g/mol. The van der Waals surface area contributed by atoms with Crippen LogP contribution in [0.25, 0.3) is 0 Å². The van der Waals surface area contributed by atoms with E-state index in [-0.39, 0.29) is 24.0 Å². The van der Waals surface area contributed by atoms with Crippen LogP contribution in [0.3, 0.4) is 0 Å². The molecule has 0 unspecified atom stereocenters. The summed E-state index contributed by atoms with van der Waals surface area (Å²) in [4.78, 5) is 8.54. The number of anilines is 1. The maximum Gasteiger partial charge on any atom is 0.416 e. The minimum Gasteiger partial charge on any atom is -0.370 e. The molecule has 0 atom stereocenters.